The third-order valence-electron chi connectivity index (χ3n) is 3.01. The molecule has 2 N–H and O–H groups in total. The molecule has 0 radical (unpaired) electrons. The maximum Gasteiger partial charge on any atom is 0.221 e. The minimum Gasteiger partial charge on any atom is -0.369 e. The summed E-state index contributed by atoms with van der Waals surface area (Å²) in [4.78, 5) is 11.0. The van der Waals surface area contributed by atoms with E-state index >= 15 is 0 Å². The number of carbonyl (C=O) groups is 1. The molecule has 0 aromatic heterocycles. The molecular formula is C11H14ClNO. The van der Waals surface area contributed by atoms with E-state index in [2.05, 4.69) is 19.1 Å². The molecule has 1 fully saturated rings. The molecular weight excluding hydrogens is 198 g/mol. The first-order chi connectivity index (χ1) is 6.14. The Labute approximate surface area is 89.9 Å². The van der Waals surface area contributed by atoms with Gasteiger partial charge in [-0.2, -0.15) is 0 Å². The third kappa shape index (κ3) is 1.62. The number of amides is 1. The van der Waals surface area contributed by atoms with E-state index in [1.165, 1.54) is 5.56 Å². The molecule has 0 spiro atoms. The average Bonchev–Trinajstić information content (AvgIpc) is 2.82. The molecule has 1 amide bonds. The van der Waals surface area contributed by atoms with Crippen molar-refractivity contribution in [3.05, 3.63) is 35.9 Å². The van der Waals surface area contributed by atoms with Gasteiger partial charge in [-0.3, -0.25) is 4.79 Å². The Morgan fingerprint density at radius 2 is 2.00 bits per heavy atom. The van der Waals surface area contributed by atoms with Crippen LogP contribution in [-0.4, -0.2) is 5.91 Å². The summed E-state index contributed by atoms with van der Waals surface area (Å²) in [6.45, 7) is 2.09. The van der Waals surface area contributed by atoms with E-state index in [-0.39, 0.29) is 29.6 Å². The van der Waals surface area contributed by atoms with Crippen LogP contribution in [0.4, 0.5) is 0 Å². The fourth-order valence-electron chi connectivity index (χ4n) is 1.92. The Balaban J connectivity index is 0.000000980. The van der Waals surface area contributed by atoms with Crippen LogP contribution in [0.25, 0.3) is 0 Å². The lowest BCUT2D eigenvalue weighted by Crippen LogP contribution is -2.19. The van der Waals surface area contributed by atoms with Gasteiger partial charge >= 0.3 is 0 Å². The summed E-state index contributed by atoms with van der Waals surface area (Å²) in [5.41, 5.74) is 6.50. The van der Waals surface area contributed by atoms with Crippen LogP contribution in [0.2, 0.25) is 0 Å². The first kappa shape index (κ1) is 11.1. The minimum atomic E-state index is -0.175. The van der Waals surface area contributed by atoms with E-state index in [9.17, 15) is 4.79 Å². The Kier molecular flexibility index (Phi) is 2.86. The molecule has 1 aliphatic rings. The zero-order valence-electron chi connectivity index (χ0n) is 8.07. The third-order valence-corrected chi connectivity index (χ3v) is 3.01. The van der Waals surface area contributed by atoms with Crippen LogP contribution in [0.3, 0.4) is 0 Å². The molecule has 0 heterocycles. The highest BCUT2D eigenvalue weighted by atomic mass is 35.5. The molecule has 0 aliphatic heterocycles. The Bertz CT molecular complexity index is 338. The molecule has 3 heteroatoms. The molecule has 2 nitrogen and oxygen atoms in total. The van der Waals surface area contributed by atoms with Gasteiger partial charge in [0, 0.05) is 11.3 Å². The van der Waals surface area contributed by atoms with Gasteiger partial charge in [-0.1, -0.05) is 37.3 Å². The lowest BCUT2D eigenvalue weighted by atomic mass is 9.95. The van der Waals surface area contributed by atoms with Crippen LogP contribution in [0.5, 0.6) is 0 Å². The van der Waals surface area contributed by atoms with E-state index in [0.29, 0.717) is 0 Å². The van der Waals surface area contributed by atoms with Crippen LogP contribution in [0.1, 0.15) is 18.9 Å². The summed E-state index contributed by atoms with van der Waals surface area (Å²) >= 11 is 0. The SMILES string of the molecule is CC1(c2ccccc2)CC1C(N)=O.Cl. The first-order valence-corrected chi connectivity index (χ1v) is 4.49. The zero-order chi connectivity index (χ0) is 9.47. The van der Waals surface area contributed by atoms with Gasteiger partial charge in [0.05, 0.1) is 0 Å². The van der Waals surface area contributed by atoms with Crippen molar-refractivity contribution in [1.82, 2.24) is 0 Å². The quantitative estimate of drug-likeness (QED) is 0.798. The van der Waals surface area contributed by atoms with Crippen LogP contribution in [-0.2, 0) is 10.2 Å². The van der Waals surface area contributed by atoms with Crippen molar-refractivity contribution < 1.29 is 4.79 Å². The average molecular weight is 212 g/mol. The van der Waals surface area contributed by atoms with Gasteiger partial charge in [-0.25, -0.2) is 0 Å². The highest BCUT2D eigenvalue weighted by molar-refractivity contribution is 5.85. The van der Waals surface area contributed by atoms with Gasteiger partial charge in [0.2, 0.25) is 5.91 Å². The maximum absolute atomic E-state index is 11.0. The first-order valence-electron chi connectivity index (χ1n) is 4.49. The number of hydrogen-bond acceptors (Lipinski definition) is 1. The predicted octanol–water partition coefficient (Wildman–Crippen LogP) is 1.87. The van der Waals surface area contributed by atoms with Gasteiger partial charge < -0.3 is 5.73 Å². The van der Waals surface area contributed by atoms with Crippen molar-refractivity contribution in [3.8, 4) is 0 Å². The Morgan fingerprint density at radius 3 is 2.43 bits per heavy atom. The molecule has 1 aromatic rings. The van der Waals surface area contributed by atoms with E-state index in [4.69, 9.17) is 5.73 Å². The fraction of sp³-hybridized carbons (Fsp3) is 0.364. The lowest BCUT2D eigenvalue weighted by Gasteiger charge is -2.09. The second-order valence-corrected chi connectivity index (χ2v) is 3.94. The van der Waals surface area contributed by atoms with Gasteiger partial charge in [-0.05, 0) is 12.0 Å². The van der Waals surface area contributed by atoms with Crippen LogP contribution >= 0.6 is 12.4 Å². The second kappa shape index (κ2) is 3.62. The summed E-state index contributed by atoms with van der Waals surface area (Å²) in [5, 5.41) is 0. The molecule has 76 valence electrons. The molecule has 0 saturated heterocycles. The summed E-state index contributed by atoms with van der Waals surface area (Å²) in [5.74, 6) is -0.138. The topological polar surface area (TPSA) is 43.1 Å². The molecule has 1 aromatic carbocycles. The molecule has 1 saturated carbocycles. The standard InChI is InChI=1S/C11H13NO.ClH/c1-11(7-9(11)10(12)13)8-5-3-2-4-6-8;/h2-6,9H,7H2,1H3,(H2,12,13);1H. The zero-order valence-corrected chi connectivity index (χ0v) is 8.88. The van der Waals surface area contributed by atoms with Crippen LogP contribution in [0, 0.1) is 5.92 Å². The van der Waals surface area contributed by atoms with Crippen molar-refractivity contribution in [3.63, 3.8) is 0 Å². The number of nitrogens with two attached hydrogens (primary N) is 1. The monoisotopic (exact) mass is 211 g/mol. The van der Waals surface area contributed by atoms with Crippen molar-refractivity contribution in [2.45, 2.75) is 18.8 Å². The summed E-state index contributed by atoms with van der Waals surface area (Å²) in [7, 11) is 0. The number of hydrogen-bond donors (Lipinski definition) is 1. The number of benzene rings is 1. The van der Waals surface area contributed by atoms with Crippen LogP contribution in [0.15, 0.2) is 30.3 Å². The predicted molar refractivity (Wildman–Crippen MR) is 58.3 cm³/mol. The molecule has 2 unspecified atom stereocenters. The summed E-state index contributed by atoms with van der Waals surface area (Å²) in [6.07, 6.45) is 0.895. The smallest absolute Gasteiger partial charge is 0.221 e. The van der Waals surface area contributed by atoms with E-state index in [0.717, 1.165) is 6.42 Å². The number of carbonyl (C=O) groups excluding carboxylic acids is 1. The second-order valence-electron chi connectivity index (χ2n) is 3.94. The number of primary amides is 1. The summed E-state index contributed by atoms with van der Waals surface area (Å²) in [6, 6.07) is 10.1. The normalized spacial score (nSPS) is 29.1. The van der Waals surface area contributed by atoms with Crippen molar-refractivity contribution in [1.29, 1.82) is 0 Å². The molecule has 14 heavy (non-hydrogen) atoms. The van der Waals surface area contributed by atoms with Crippen molar-refractivity contribution in [2.24, 2.45) is 11.7 Å². The minimum absolute atomic E-state index is 0. The lowest BCUT2D eigenvalue weighted by molar-refractivity contribution is -0.119. The van der Waals surface area contributed by atoms with E-state index < -0.39 is 0 Å². The van der Waals surface area contributed by atoms with Gasteiger partial charge in [0.1, 0.15) is 0 Å². The van der Waals surface area contributed by atoms with Crippen molar-refractivity contribution in [2.75, 3.05) is 0 Å². The largest absolute Gasteiger partial charge is 0.369 e. The van der Waals surface area contributed by atoms with Crippen LogP contribution < -0.4 is 5.73 Å². The maximum atomic E-state index is 11.0. The van der Waals surface area contributed by atoms with Gasteiger partial charge in [0.15, 0.2) is 0 Å². The van der Waals surface area contributed by atoms with Gasteiger partial charge in [-0.15, -0.1) is 12.4 Å². The highest BCUT2D eigenvalue weighted by Gasteiger charge is 2.54. The Hall–Kier alpha value is -1.02. The van der Waals surface area contributed by atoms with Gasteiger partial charge in [0.25, 0.3) is 0 Å². The fourth-order valence-corrected chi connectivity index (χ4v) is 1.92. The molecule has 0 bridgehead atoms. The highest BCUT2D eigenvalue weighted by Crippen LogP contribution is 2.53. The number of rotatable bonds is 2. The summed E-state index contributed by atoms with van der Waals surface area (Å²) < 4.78 is 0. The van der Waals surface area contributed by atoms with E-state index in [1.807, 2.05) is 18.2 Å². The Morgan fingerprint density at radius 1 is 1.43 bits per heavy atom. The van der Waals surface area contributed by atoms with E-state index in [1.54, 1.807) is 0 Å². The molecule has 1 aliphatic carbocycles. The number of halogens is 1. The van der Waals surface area contributed by atoms with Crippen molar-refractivity contribution >= 4 is 18.3 Å². The molecule has 2 atom stereocenters. The molecule has 2 rings (SSSR count).